The Hall–Kier alpha value is -4.85. The van der Waals surface area contributed by atoms with Gasteiger partial charge in [0, 0.05) is 26.2 Å². The van der Waals surface area contributed by atoms with Crippen LogP contribution in [0.2, 0.25) is 5.02 Å². The summed E-state index contributed by atoms with van der Waals surface area (Å²) in [6.07, 6.45) is 2.60. The molecular weight excluding hydrogens is 616 g/mol. The fourth-order valence-electron chi connectivity index (χ4n) is 4.15. The summed E-state index contributed by atoms with van der Waals surface area (Å²) in [5.74, 6) is 0.494. The Kier molecular flexibility index (Phi) is 10.8. The van der Waals surface area contributed by atoms with Crippen LogP contribution < -0.4 is 30.3 Å². The molecular formula is C31H35ClN8O4S. The Labute approximate surface area is 268 Å². The molecule has 0 atom stereocenters. The topological polar surface area (TPSA) is 141 Å². The number of likely N-dealkylation sites (N-methyl/N-ethyl adjacent to an activating group) is 2. The first kappa shape index (κ1) is 33.1. The van der Waals surface area contributed by atoms with Gasteiger partial charge < -0.3 is 30.5 Å². The third-order valence-corrected chi connectivity index (χ3v) is 8.18. The van der Waals surface area contributed by atoms with Crippen LogP contribution in [-0.4, -0.2) is 70.5 Å². The molecule has 1 amide bonds. The van der Waals surface area contributed by atoms with E-state index in [-0.39, 0.29) is 27.6 Å². The van der Waals surface area contributed by atoms with E-state index in [4.69, 9.17) is 16.3 Å². The molecule has 0 spiro atoms. The van der Waals surface area contributed by atoms with E-state index >= 15 is 0 Å². The lowest BCUT2D eigenvalue weighted by atomic mass is 10.2. The second-order valence-corrected chi connectivity index (χ2v) is 12.2. The molecule has 4 aromatic rings. The highest BCUT2D eigenvalue weighted by atomic mass is 35.5. The van der Waals surface area contributed by atoms with E-state index in [1.54, 1.807) is 54.6 Å². The number of amides is 1. The molecule has 0 saturated carbocycles. The number of para-hydroxylation sites is 2. The number of carbonyl (C=O) groups excluding carboxylic acids is 1. The largest absolute Gasteiger partial charge is 0.494 e. The quantitative estimate of drug-likeness (QED) is 0.128. The highest BCUT2D eigenvalue weighted by Gasteiger charge is 2.19. The molecule has 0 aliphatic carbocycles. The van der Waals surface area contributed by atoms with E-state index in [2.05, 4.69) is 42.1 Å². The molecule has 0 aliphatic rings. The number of anilines is 7. The van der Waals surface area contributed by atoms with Crippen molar-refractivity contribution in [2.75, 3.05) is 66.9 Å². The first-order valence-electron chi connectivity index (χ1n) is 13.8. The van der Waals surface area contributed by atoms with E-state index in [9.17, 15) is 13.2 Å². The molecule has 4 N–H and O–H groups in total. The SMILES string of the molecule is C=CC(=O)Nc1cc(Nc2ncc(Cl)c(Nc3ccccc3NS(=O)(=O)c3ccccc3)n2)c(OC)cc1N(C)CCN(C)C. The number of methoxy groups -OCH3 is 1. The first-order chi connectivity index (χ1) is 21.5. The van der Waals surface area contributed by atoms with E-state index < -0.39 is 10.0 Å². The number of carbonyl (C=O) groups is 1. The molecule has 4 rings (SSSR count). The minimum atomic E-state index is -3.85. The zero-order valence-electron chi connectivity index (χ0n) is 25.3. The summed E-state index contributed by atoms with van der Waals surface area (Å²) in [5, 5.41) is 9.30. The standard InChI is InChI=1S/C31H35ClN8O4S/c1-6-29(41)34-25-18-26(28(44-5)19-27(25)40(4)17-16-39(2)3)36-31-33-20-22(32)30(37-31)35-23-14-10-11-15-24(23)38-45(42,43)21-12-8-7-9-13-21/h6-15,18-20,38H,1,16-17H2,2-5H3,(H,34,41)(H2,33,35,36,37). The Morgan fingerprint density at radius 1 is 0.956 bits per heavy atom. The fraction of sp³-hybridized carbons (Fsp3) is 0.194. The van der Waals surface area contributed by atoms with Gasteiger partial charge in [-0.25, -0.2) is 13.4 Å². The van der Waals surface area contributed by atoms with Gasteiger partial charge in [-0.15, -0.1) is 0 Å². The van der Waals surface area contributed by atoms with Crippen molar-refractivity contribution in [3.05, 3.63) is 90.6 Å². The number of sulfonamides is 1. The van der Waals surface area contributed by atoms with Crippen molar-refractivity contribution in [1.29, 1.82) is 0 Å². The van der Waals surface area contributed by atoms with Crippen molar-refractivity contribution in [2.24, 2.45) is 0 Å². The third kappa shape index (κ3) is 8.62. The van der Waals surface area contributed by atoms with Gasteiger partial charge in [-0.3, -0.25) is 9.52 Å². The lowest BCUT2D eigenvalue weighted by molar-refractivity contribution is -0.111. The van der Waals surface area contributed by atoms with Crippen LogP contribution in [0.15, 0.2) is 90.5 Å². The van der Waals surface area contributed by atoms with E-state index in [0.717, 1.165) is 12.2 Å². The van der Waals surface area contributed by atoms with Gasteiger partial charge in [-0.05, 0) is 50.5 Å². The van der Waals surface area contributed by atoms with Gasteiger partial charge in [-0.2, -0.15) is 4.98 Å². The van der Waals surface area contributed by atoms with Crippen molar-refractivity contribution in [1.82, 2.24) is 14.9 Å². The van der Waals surface area contributed by atoms with Gasteiger partial charge in [-0.1, -0.05) is 48.5 Å². The molecule has 236 valence electrons. The Balaban J connectivity index is 1.64. The lowest BCUT2D eigenvalue weighted by Crippen LogP contribution is -2.29. The highest BCUT2D eigenvalue weighted by molar-refractivity contribution is 7.92. The summed E-state index contributed by atoms with van der Waals surface area (Å²) < 4.78 is 34.3. The average Bonchev–Trinajstić information content (AvgIpc) is 3.02. The van der Waals surface area contributed by atoms with Gasteiger partial charge >= 0.3 is 0 Å². The molecule has 45 heavy (non-hydrogen) atoms. The van der Waals surface area contributed by atoms with Crippen LogP contribution in [0.5, 0.6) is 5.75 Å². The van der Waals surface area contributed by atoms with Crippen molar-refractivity contribution in [2.45, 2.75) is 4.90 Å². The summed E-state index contributed by atoms with van der Waals surface area (Å²) >= 11 is 6.45. The molecule has 0 bridgehead atoms. The normalized spacial score (nSPS) is 11.1. The van der Waals surface area contributed by atoms with Crippen LogP contribution >= 0.6 is 11.6 Å². The van der Waals surface area contributed by atoms with Crippen LogP contribution in [-0.2, 0) is 14.8 Å². The van der Waals surface area contributed by atoms with Gasteiger partial charge in [0.2, 0.25) is 11.9 Å². The molecule has 14 heteroatoms. The van der Waals surface area contributed by atoms with Crippen LogP contribution in [0.1, 0.15) is 0 Å². The van der Waals surface area contributed by atoms with Crippen molar-refractivity contribution in [3.63, 3.8) is 0 Å². The van der Waals surface area contributed by atoms with E-state index in [1.165, 1.54) is 31.5 Å². The number of benzene rings is 3. The number of ether oxygens (including phenoxy) is 1. The lowest BCUT2D eigenvalue weighted by Gasteiger charge is -2.26. The van der Waals surface area contributed by atoms with Gasteiger partial charge in [0.05, 0.1) is 46.6 Å². The Morgan fingerprint density at radius 2 is 1.64 bits per heavy atom. The predicted octanol–water partition coefficient (Wildman–Crippen LogP) is 5.55. The number of nitrogens with one attached hydrogen (secondary N) is 4. The van der Waals surface area contributed by atoms with Crippen molar-refractivity contribution in [3.8, 4) is 5.75 Å². The number of aromatic nitrogens is 2. The summed E-state index contributed by atoms with van der Waals surface area (Å²) in [5.41, 5.74) is 2.45. The molecule has 3 aromatic carbocycles. The molecule has 0 fully saturated rings. The molecule has 1 aromatic heterocycles. The van der Waals surface area contributed by atoms with Gasteiger partial charge in [0.1, 0.15) is 10.8 Å². The second-order valence-electron chi connectivity index (χ2n) is 10.1. The zero-order chi connectivity index (χ0) is 32.6. The van der Waals surface area contributed by atoms with Crippen LogP contribution in [0.3, 0.4) is 0 Å². The molecule has 0 saturated heterocycles. The summed E-state index contributed by atoms with van der Waals surface area (Å²) in [4.78, 5) is 25.3. The minimum absolute atomic E-state index is 0.124. The average molecular weight is 651 g/mol. The predicted molar refractivity (Wildman–Crippen MR) is 181 cm³/mol. The van der Waals surface area contributed by atoms with Crippen molar-refractivity contribution < 1.29 is 17.9 Å². The van der Waals surface area contributed by atoms with Gasteiger partial charge in [0.15, 0.2) is 5.82 Å². The summed E-state index contributed by atoms with van der Waals surface area (Å²) in [6, 6.07) is 18.4. The van der Waals surface area contributed by atoms with Gasteiger partial charge in [0.25, 0.3) is 10.0 Å². The Morgan fingerprint density at radius 3 is 2.31 bits per heavy atom. The fourth-order valence-corrected chi connectivity index (χ4v) is 5.39. The zero-order valence-corrected chi connectivity index (χ0v) is 26.9. The maximum atomic E-state index is 13.0. The molecule has 0 unspecified atom stereocenters. The van der Waals surface area contributed by atoms with Crippen LogP contribution in [0.25, 0.3) is 0 Å². The Bertz CT molecular complexity index is 1770. The minimum Gasteiger partial charge on any atom is -0.494 e. The maximum absolute atomic E-state index is 13.0. The highest BCUT2D eigenvalue weighted by Crippen LogP contribution is 2.38. The van der Waals surface area contributed by atoms with Crippen LogP contribution in [0, 0.1) is 0 Å². The van der Waals surface area contributed by atoms with Crippen molar-refractivity contribution >= 4 is 67.7 Å². The number of halogens is 1. The number of hydrogen-bond acceptors (Lipinski definition) is 10. The maximum Gasteiger partial charge on any atom is 0.261 e. The smallest absolute Gasteiger partial charge is 0.261 e. The summed E-state index contributed by atoms with van der Waals surface area (Å²) in [6.45, 7) is 5.04. The third-order valence-electron chi connectivity index (χ3n) is 6.52. The summed E-state index contributed by atoms with van der Waals surface area (Å²) in [7, 11) is 3.58. The van der Waals surface area contributed by atoms with E-state index in [1.807, 2.05) is 26.0 Å². The number of hydrogen-bond donors (Lipinski definition) is 4. The van der Waals surface area contributed by atoms with E-state index in [0.29, 0.717) is 35.0 Å². The molecule has 0 aliphatic heterocycles. The van der Waals surface area contributed by atoms with Crippen LogP contribution in [0.4, 0.5) is 40.2 Å². The molecule has 12 nitrogen and oxygen atoms in total. The second kappa shape index (κ2) is 14.8. The number of rotatable bonds is 14. The molecule has 1 heterocycles. The first-order valence-corrected chi connectivity index (χ1v) is 15.6. The monoisotopic (exact) mass is 650 g/mol. The number of nitrogens with zero attached hydrogens (tertiary/aromatic N) is 4. The molecule has 0 radical (unpaired) electrons.